The number of aromatic nitrogens is 1. The molecule has 0 amide bonds. The Morgan fingerprint density at radius 1 is 1.62 bits per heavy atom. The fourth-order valence-corrected chi connectivity index (χ4v) is 1.59. The van der Waals surface area contributed by atoms with E-state index in [4.69, 9.17) is 9.47 Å². The minimum Gasteiger partial charge on any atom is -0.487 e. The topological polar surface area (TPSA) is 31.4 Å². The Labute approximate surface area is 85.2 Å². The second kappa shape index (κ2) is 4.07. The van der Waals surface area contributed by atoms with Crippen molar-refractivity contribution in [3.63, 3.8) is 0 Å². The van der Waals surface area contributed by atoms with Crippen LogP contribution in [0, 0.1) is 0 Å². The lowest BCUT2D eigenvalue weighted by Gasteiger charge is -2.12. The molecular weight excluding hydrogens is 234 g/mol. The van der Waals surface area contributed by atoms with E-state index in [1.54, 1.807) is 12.4 Å². The Bertz CT molecular complexity index is 287. The molecule has 3 nitrogen and oxygen atoms in total. The molecule has 70 valence electrons. The maximum absolute atomic E-state index is 5.69. The standard InChI is InChI=1S/C9H10BrNO2/c10-8-5-11-3-1-9(8)13-7-2-4-12-6-7/h1,3,5,7H,2,4,6H2. The molecule has 1 unspecified atom stereocenters. The van der Waals surface area contributed by atoms with E-state index in [2.05, 4.69) is 20.9 Å². The minimum absolute atomic E-state index is 0.193. The van der Waals surface area contributed by atoms with E-state index in [1.165, 1.54) is 0 Å². The molecule has 2 rings (SSSR count). The van der Waals surface area contributed by atoms with E-state index in [9.17, 15) is 0 Å². The third-order valence-electron chi connectivity index (χ3n) is 1.92. The molecule has 2 heterocycles. The van der Waals surface area contributed by atoms with Crippen LogP contribution in [0.2, 0.25) is 0 Å². The smallest absolute Gasteiger partial charge is 0.137 e. The Balaban J connectivity index is 2.04. The SMILES string of the molecule is Brc1cnccc1OC1CCOC1. The van der Waals surface area contributed by atoms with Crippen LogP contribution in [0.15, 0.2) is 22.9 Å². The Kier molecular flexibility index (Phi) is 2.80. The Morgan fingerprint density at radius 2 is 2.54 bits per heavy atom. The molecular formula is C9H10BrNO2. The van der Waals surface area contributed by atoms with Gasteiger partial charge in [0.1, 0.15) is 11.9 Å². The van der Waals surface area contributed by atoms with E-state index < -0.39 is 0 Å². The van der Waals surface area contributed by atoms with Crippen LogP contribution in [0.4, 0.5) is 0 Å². The molecule has 13 heavy (non-hydrogen) atoms. The molecule has 1 fully saturated rings. The van der Waals surface area contributed by atoms with Crippen molar-refractivity contribution >= 4 is 15.9 Å². The highest BCUT2D eigenvalue weighted by atomic mass is 79.9. The second-order valence-corrected chi connectivity index (χ2v) is 3.76. The lowest BCUT2D eigenvalue weighted by Crippen LogP contribution is -2.15. The molecule has 0 N–H and O–H groups in total. The molecule has 1 aliphatic heterocycles. The van der Waals surface area contributed by atoms with Gasteiger partial charge in [0, 0.05) is 18.8 Å². The predicted octanol–water partition coefficient (Wildman–Crippen LogP) is 2.01. The average Bonchev–Trinajstić information content (AvgIpc) is 2.61. The summed E-state index contributed by atoms with van der Waals surface area (Å²) in [5.74, 6) is 0.838. The molecule has 1 aromatic rings. The fraction of sp³-hybridized carbons (Fsp3) is 0.444. The number of ether oxygens (including phenoxy) is 2. The second-order valence-electron chi connectivity index (χ2n) is 2.91. The normalized spacial score (nSPS) is 21.8. The van der Waals surface area contributed by atoms with Crippen LogP contribution in [-0.4, -0.2) is 24.3 Å². The molecule has 1 saturated heterocycles. The number of pyridine rings is 1. The highest BCUT2D eigenvalue weighted by molar-refractivity contribution is 9.10. The molecule has 0 saturated carbocycles. The Morgan fingerprint density at radius 3 is 3.23 bits per heavy atom. The van der Waals surface area contributed by atoms with E-state index in [0.29, 0.717) is 6.61 Å². The van der Waals surface area contributed by atoms with Crippen LogP contribution in [0.5, 0.6) is 5.75 Å². The van der Waals surface area contributed by atoms with Crippen molar-refractivity contribution < 1.29 is 9.47 Å². The van der Waals surface area contributed by atoms with Gasteiger partial charge < -0.3 is 9.47 Å². The van der Waals surface area contributed by atoms with Crippen molar-refractivity contribution in [1.29, 1.82) is 0 Å². The van der Waals surface area contributed by atoms with Crippen LogP contribution >= 0.6 is 15.9 Å². The van der Waals surface area contributed by atoms with E-state index >= 15 is 0 Å². The maximum atomic E-state index is 5.69. The number of hydrogen-bond acceptors (Lipinski definition) is 3. The summed E-state index contributed by atoms with van der Waals surface area (Å²) in [4.78, 5) is 3.96. The highest BCUT2D eigenvalue weighted by Crippen LogP contribution is 2.25. The molecule has 1 aromatic heterocycles. The first kappa shape index (κ1) is 8.97. The first-order valence-electron chi connectivity index (χ1n) is 4.20. The van der Waals surface area contributed by atoms with Crippen molar-refractivity contribution in [3.05, 3.63) is 22.9 Å². The van der Waals surface area contributed by atoms with Crippen molar-refractivity contribution in [3.8, 4) is 5.75 Å². The van der Waals surface area contributed by atoms with Gasteiger partial charge in [-0.05, 0) is 22.0 Å². The van der Waals surface area contributed by atoms with Gasteiger partial charge in [-0.25, -0.2) is 0 Å². The third-order valence-corrected chi connectivity index (χ3v) is 2.51. The van der Waals surface area contributed by atoms with Crippen LogP contribution in [0.1, 0.15) is 6.42 Å². The van der Waals surface area contributed by atoms with Gasteiger partial charge in [0.15, 0.2) is 0 Å². The molecule has 0 bridgehead atoms. The molecule has 4 heteroatoms. The largest absolute Gasteiger partial charge is 0.487 e. The van der Waals surface area contributed by atoms with Gasteiger partial charge in [0.05, 0.1) is 17.7 Å². The average molecular weight is 244 g/mol. The van der Waals surface area contributed by atoms with Gasteiger partial charge in [-0.3, -0.25) is 4.98 Å². The van der Waals surface area contributed by atoms with Crippen molar-refractivity contribution in [2.75, 3.05) is 13.2 Å². The first-order chi connectivity index (χ1) is 6.36. The zero-order chi connectivity index (χ0) is 9.10. The van der Waals surface area contributed by atoms with Crippen molar-refractivity contribution in [1.82, 2.24) is 4.98 Å². The molecule has 1 aliphatic rings. The highest BCUT2D eigenvalue weighted by Gasteiger charge is 2.17. The quantitative estimate of drug-likeness (QED) is 0.797. The van der Waals surface area contributed by atoms with Gasteiger partial charge in [-0.15, -0.1) is 0 Å². The molecule has 0 radical (unpaired) electrons. The zero-order valence-electron chi connectivity index (χ0n) is 7.07. The minimum atomic E-state index is 0.193. The number of rotatable bonds is 2. The summed E-state index contributed by atoms with van der Waals surface area (Å²) in [6.07, 6.45) is 4.61. The van der Waals surface area contributed by atoms with Gasteiger partial charge in [0.2, 0.25) is 0 Å². The number of nitrogens with zero attached hydrogens (tertiary/aromatic N) is 1. The molecule has 0 aliphatic carbocycles. The summed E-state index contributed by atoms with van der Waals surface area (Å²) in [7, 11) is 0. The van der Waals surface area contributed by atoms with Crippen molar-refractivity contribution in [2.45, 2.75) is 12.5 Å². The van der Waals surface area contributed by atoms with Gasteiger partial charge in [-0.1, -0.05) is 0 Å². The Hall–Kier alpha value is -0.610. The lowest BCUT2D eigenvalue weighted by molar-refractivity contribution is 0.141. The monoisotopic (exact) mass is 243 g/mol. The van der Waals surface area contributed by atoms with Crippen LogP contribution in [0.25, 0.3) is 0 Å². The number of halogens is 1. The van der Waals surface area contributed by atoms with Gasteiger partial charge >= 0.3 is 0 Å². The summed E-state index contributed by atoms with van der Waals surface area (Å²) in [5, 5.41) is 0. The van der Waals surface area contributed by atoms with Crippen LogP contribution in [0.3, 0.4) is 0 Å². The zero-order valence-corrected chi connectivity index (χ0v) is 8.66. The summed E-state index contributed by atoms with van der Waals surface area (Å²) in [6.45, 7) is 1.49. The molecule has 0 spiro atoms. The lowest BCUT2D eigenvalue weighted by atomic mass is 10.3. The van der Waals surface area contributed by atoms with Gasteiger partial charge in [0.25, 0.3) is 0 Å². The predicted molar refractivity (Wildman–Crippen MR) is 51.8 cm³/mol. The number of hydrogen-bond donors (Lipinski definition) is 0. The van der Waals surface area contributed by atoms with Crippen LogP contribution < -0.4 is 4.74 Å². The van der Waals surface area contributed by atoms with E-state index in [0.717, 1.165) is 23.2 Å². The summed E-state index contributed by atoms with van der Waals surface area (Å²) >= 11 is 3.38. The van der Waals surface area contributed by atoms with Crippen molar-refractivity contribution in [2.24, 2.45) is 0 Å². The van der Waals surface area contributed by atoms with E-state index in [1.807, 2.05) is 6.07 Å². The summed E-state index contributed by atoms with van der Waals surface area (Å²) in [5.41, 5.74) is 0. The molecule has 0 aromatic carbocycles. The van der Waals surface area contributed by atoms with Gasteiger partial charge in [-0.2, -0.15) is 0 Å². The first-order valence-corrected chi connectivity index (χ1v) is 4.99. The summed E-state index contributed by atoms with van der Waals surface area (Å²) in [6, 6.07) is 1.85. The fourth-order valence-electron chi connectivity index (χ4n) is 1.24. The summed E-state index contributed by atoms with van der Waals surface area (Å²) < 4.78 is 11.8. The molecule has 1 atom stereocenters. The third kappa shape index (κ3) is 2.19. The van der Waals surface area contributed by atoms with Crippen LogP contribution in [-0.2, 0) is 4.74 Å². The maximum Gasteiger partial charge on any atom is 0.137 e. The van der Waals surface area contributed by atoms with E-state index in [-0.39, 0.29) is 6.10 Å².